The number of nitrogens with zero attached hydrogens (tertiary/aromatic N) is 1. The Morgan fingerprint density at radius 1 is 0.938 bits per heavy atom. The second kappa shape index (κ2) is 10.3. The lowest BCUT2D eigenvalue weighted by Crippen LogP contribution is -2.09. The van der Waals surface area contributed by atoms with Gasteiger partial charge in [-0.2, -0.15) is 0 Å². The Hall–Kier alpha value is -3.29. The Kier molecular flexibility index (Phi) is 7.09. The highest BCUT2D eigenvalue weighted by atomic mass is 35.5. The molecule has 4 aromatic rings. The smallest absolute Gasteiger partial charge is 0.341 e. The molecule has 0 aliphatic carbocycles. The molecule has 6 nitrogen and oxygen atoms in total. The molecule has 8 heteroatoms. The minimum atomic E-state index is -1.02. The van der Waals surface area contributed by atoms with E-state index >= 15 is 0 Å². The summed E-state index contributed by atoms with van der Waals surface area (Å²) < 4.78 is 17.9. The SMILES string of the molecule is O=C(O)COc1ccc(OCCCOc2ccc(Cl)cc2-c2nc3ccccc3s2)cc1. The molecule has 164 valence electrons. The first-order valence-electron chi connectivity index (χ1n) is 9.94. The van der Waals surface area contributed by atoms with Crippen LogP contribution in [0.4, 0.5) is 0 Å². The Labute approximate surface area is 194 Å². The number of hydrogen-bond acceptors (Lipinski definition) is 6. The van der Waals surface area contributed by atoms with Gasteiger partial charge in [0.15, 0.2) is 6.61 Å². The van der Waals surface area contributed by atoms with Gasteiger partial charge < -0.3 is 19.3 Å². The van der Waals surface area contributed by atoms with Crippen molar-refractivity contribution in [1.82, 2.24) is 4.98 Å². The third-order valence-corrected chi connectivity index (χ3v) is 5.77. The topological polar surface area (TPSA) is 77.9 Å². The van der Waals surface area contributed by atoms with Gasteiger partial charge in [0.25, 0.3) is 0 Å². The first-order chi connectivity index (χ1) is 15.6. The number of carbonyl (C=O) groups is 1. The maximum atomic E-state index is 10.5. The van der Waals surface area contributed by atoms with Gasteiger partial charge in [0.1, 0.15) is 22.3 Å². The quantitative estimate of drug-likeness (QED) is 0.290. The molecule has 3 aromatic carbocycles. The minimum Gasteiger partial charge on any atom is -0.493 e. The van der Waals surface area contributed by atoms with Crippen molar-refractivity contribution in [2.75, 3.05) is 19.8 Å². The van der Waals surface area contributed by atoms with Gasteiger partial charge in [0.2, 0.25) is 0 Å². The van der Waals surface area contributed by atoms with E-state index in [1.807, 2.05) is 36.4 Å². The van der Waals surface area contributed by atoms with Crippen LogP contribution in [0.25, 0.3) is 20.8 Å². The zero-order valence-electron chi connectivity index (χ0n) is 17.0. The Morgan fingerprint density at radius 2 is 1.66 bits per heavy atom. The van der Waals surface area contributed by atoms with Crippen LogP contribution in [-0.2, 0) is 4.79 Å². The van der Waals surface area contributed by atoms with Crippen LogP contribution < -0.4 is 14.2 Å². The van der Waals surface area contributed by atoms with E-state index in [2.05, 4.69) is 0 Å². The lowest BCUT2D eigenvalue weighted by Gasteiger charge is -2.11. The Bertz CT molecular complexity index is 1180. The number of aliphatic carboxylic acids is 1. The summed E-state index contributed by atoms with van der Waals surface area (Å²) in [6.07, 6.45) is 0.680. The standard InChI is InChI=1S/C24H20ClNO5S/c25-16-6-11-21(19(14-16)24-26-20-4-1-2-5-22(20)32-24)30-13-3-12-29-17-7-9-18(10-8-17)31-15-23(27)28/h1-2,4-11,14H,3,12-13,15H2,(H,27,28). The van der Waals surface area contributed by atoms with Crippen molar-refractivity contribution in [3.8, 4) is 27.8 Å². The van der Waals surface area contributed by atoms with Crippen LogP contribution in [-0.4, -0.2) is 35.9 Å². The van der Waals surface area contributed by atoms with E-state index in [9.17, 15) is 4.79 Å². The van der Waals surface area contributed by atoms with Crippen molar-refractivity contribution in [2.24, 2.45) is 0 Å². The third-order valence-electron chi connectivity index (χ3n) is 4.47. The molecule has 0 saturated heterocycles. The predicted octanol–water partition coefficient (Wildman–Crippen LogP) is 5.93. The molecule has 0 atom stereocenters. The Morgan fingerprint density at radius 3 is 2.41 bits per heavy atom. The Balaban J connectivity index is 1.31. The number of rotatable bonds is 10. The van der Waals surface area contributed by atoms with Crippen molar-refractivity contribution in [1.29, 1.82) is 0 Å². The molecule has 0 radical (unpaired) electrons. The van der Waals surface area contributed by atoms with Gasteiger partial charge in [0, 0.05) is 11.4 Å². The number of fused-ring (bicyclic) bond motifs is 1. The molecule has 1 N–H and O–H groups in total. The molecule has 1 aromatic heterocycles. The number of halogens is 1. The number of ether oxygens (including phenoxy) is 3. The highest BCUT2D eigenvalue weighted by Crippen LogP contribution is 2.37. The van der Waals surface area contributed by atoms with Crippen molar-refractivity contribution < 1.29 is 24.1 Å². The summed E-state index contributed by atoms with van der Waals surface area (Å²) in [5, 5.41) is 10.1. The van der Waals surface area contributed by atoms with E-state index in [1.54, 1.807) is 41.7 Å². The molecule has 32 heavy (non-hydrogen) atoms. The minimum absolute atomic E-state index is 0.374. The van der Waals surface area contributed by atoms with E-state index in [4.69, 9.17) is 35.9 Å². The molecule has 0 amide bonds. The van der Waals surface area contributed by atoms with Gasteiger partial charge in [-0.25, -0.2) is 9.78 Å². The summed E-state index contributed by atoms with van der Waals surface area (Å²) in [6, 6.07) is 20.4. The molecule has 0 aliphatic rings. The molecule has 0 fully saturated rings. The highest BCUT2D eigenvalue weighted by Gasteiger charge is 2.12. The van der Waals surface area contributed by atoms with Gasteiger partial charge in [-0.15, -0.1) is 11.3 Å². The number of para-hydroxylation sites is 1. The lowest BCUT2D eigenvalue weighted by atomic mass is 10.2. The van der Waals surface area contributed by atoms with Crippen LogP contribution in [0.2, 0.25) is 5.02 Å². The van der Waals surface area contributed by atoms with Crippen molar-refractivity contribution in [2.45, 2.75) is 6.42 Å². The molecular formula is C24H20ClNO5S. The van der Waals surface area contributed by atoms with Gasteiger partial charge in [-0.3, -0.25) is 0 Å². The molecule has 4 rings (SSSR count). The fourth-order valence-electron chi connectivity index (χ4n) is 2.99. The predicted molar refractivity (Wildman–Crippen MR) is 125 cm³/mol. The van der Waals surface area contributed by atoms with Crippen LogP contribution in [0, 0.1) is 0 Å². The van der Waals surface area contributed by atoms with E-state index in [1.165, 1.54) is 0 Å². The van der Waals surface area contributed by atoms with E-state index in [0.29, 0.717) is 36.2 Å². The van der Waals surface area contributed by atoms with Crippen LogP contribution in [0.1, 0.15) is 6.42 Å². The molecule has 0 spiro atoms. The summed E-state index contributed by atoms with van der Waals surface area (Å²) in [4.78, 5) is 15.2. The van der Waals surface area contributed by atoms with Crippen LogP contribution in [0.3, 0.4) is 0 Å². The van der Waals surface area contributed by atoms with E-state index in [-0.39, 0.29) is 6.61 Å². The molecule has 0 aliphatic heterocycles. The summed E-state index contributed by atoms with van der Waals surface area (Å²) in [6.45, 7) is 0.569. The van der Waals surface area contributed by atoms with E-state index < -0.39 is 5.97 Å². The summed E-state index contributed by atoms with van der Waals surface area (Å²) in [5.41, 5.74) is 1.82. The summed E-state index contributed by atoms with van der Waals surface area (Å²) in [7, 11) is 0. The summed E-state index contributed by atoms with van der Waals surface area (Å²) in [5.74, 6) is 0.869. The molecule has 0 saturated carbocycles. The van der Waals surface area contributed by atoms with Gasteiger partial charge in [-0.05, 0) is 54.6 Å². The first kappa shape index (κ1) is 21.9. The fraction of sp³-hybridized carbons (Fsp3) is 0.167. The van der Waals surface area contributed by atoms with Crippen LogP contribution in [0.5, 0.6) is 17.2 Å². The normalized spacial score (nSPS) is 10.8. The maximum Gasteiger partial charge on any atom is 0.341 e. The molecule has 0 bridgehead atoms. The third kappa shape index (κ3) is 5.69. The van der Waals surface area contributed by atoms with Crippen LogP contribution >= 0.6 is 22.9 Å². The van der Waals surface area contributed by atoms with Crippen molar-refractivity contribution in [3.63, 3.8) is 0 Å². The second-order valence-electron chi connectivity index (χ2n) is 6.83. The monoisotopic (exact) mass is 469 g/mol. The number of thiazole rings is 1. The largest absolute Gasteiger partial charge is 0.493 e. The number of carboxylic acid groups (broad SMARTS) is 1. The van der Waals surface area contributed by atoms with Crippen molar-refractivity contribution >= 4 is 39.1 Å². The average Bonchev–Trinajstić information content (AvgIpc) is 3.23. The van der Waals surface area contributed by atoms with E-state index in [0.717, 1.165) is 26.5 Å². The zero-order chi connectivity index (χ0) is 22.3. The molecule has 0 unspecified atom stereocenters. The van der Waals surface area contributed by atoms with Gasteiger partial charge in [0.05, 0.1) is 29.0 Å². The summed E-state index contributed by atoms with van der Waals surface area (Å²) >= 11 is 7.83. The van der Waals surface area contributed by atoms with Crippen molar-refractivity contribution in [3.05, 3.63) is 71.8 Å². The fourth-order valence-corrected chi connectivity index (χ4v) is 4.15. The number of carboxylic acids is 1. The van der Waals surface area contributed by atoms with Gasteiger partial charge in [-0.1, -0.05) is 23.7 Å². The zero-order valence-corrected chi connectivity index (χ0v) is 18.6. The number of hydrogen-bond donors (Lipinski definition) is 1. The lowest BCUT2D eigenvalue weighted by molar-refractivity contribution is -0.139. The number of aromatic nitrogens is 1. The highest BCUT2D eigenvalue weighted by molar-refractivity contribution is 7.21. The molecular weight excluding hydrogens is 450 g/mol. The first-order valence-corrected chi connectivity index (χ1v) is 11.1. The van der Waals surface area contributed by atoms with Crippen LogP contribution in [0.15, 0.2) is 66.7 Å². The second-order valence-corrected chi connectivity index (χ2v) is 8.30. The average molecular weight is 470 g/mol. The number of benzene rings is 3. The maximum absolute atomic E-state index is 10.5. The molecule has 1 heterocycles. The van der Waals surface area contributed by atoms with Gasteiger partial charge >= 0.3 is 5.97 Å².